The van der Waals surface area contributed by atoms with Crippen LogP contribution in [0.2, 0.25) is 0 Å². The SMILES string of the molecule is CCOC(=O)c1sc(NC(=O)C(C)OC(=O)c2cc3c(s2)CCCC3)c(C(=O)OC)c1C. The first-order chi connectivity index (χ1) is 15.3. The van der Waals surface area contributed by atoms with Gasteiger partial charge in [0.15, 0.2) is 6.10 Å². The van der Waals surface area contributed by atoms with Gasteiger partial charge in [-0.1, -0.05) is 0 Å². The summed E-state index contributed by atoms with van der Waals surface area (Å²) in [7, 11) is 1.21. The molecule has 0 aromatic carbocycles. The lowest BCUT2D eigenvalue weighted by atomic mass is 9.99. The van der Waals surface area contributed by atoms with Crippen LogP contribution in [0.15, 0.2) is 6.07 Å². The lowest BCUT2D eigenvalue weighted by Gasteiger charge is -2.13. The van der Waals surface area contributed by atoms with E-state index in [1.54, 1.807) is 13.8 Å². The van der Waals surface area contributed by atoms with E-state index in [9.17, 15) is 19.2 Å². The molecule has 1 N–H and O–H groups in total. The van der Waals surface area contributed by atoms with Gasteiger partial charge in [-0.05, 0) is 63.6 Å². The zero-order valence-corrected chi connectivity index (χ0v) is 20.0. The van der Waals surface area contributed by atoms with Gasteiger partial charge in [0.2, 0.25) is 0 Å². The van der Waals surface area contributed by atoms with Crippen LogP contribution < -0.4 is 5.32 Å². The molecule has 1 unspecified atom stereocenters. The third-order valence-corrected chi connectivity index (χ3v) is 7.49. The van der Waals surface area contributed by atoms with Crippen molar-refractivity contribution in [3.8, 4) is 0 Å². The molecular weight excluding hydrogens is 454 g/mol. The molecule has 3 rings (SSSR count). The van der Waals surface area contributed by atoms with Crippen LogP contribution in [0.1, 0.15) is 72.4 Å². The second-order valence-corrected chi connectivity index (χ2v) is 9.43. The Morgan fingerprint density at radius 2 is 1.81 bits per heavy atom. The van der Waals surface area contributed by atoms with Crippen LogP contribution in [0.4, 0.5) is 5.00 Å². The number of esters is 3. The molecule has 2 aromatic heterocycles. The number of carbonyl (C=O) groups excluding carboxylic acids is 4. The third-order valence-electron chi connectivity index (χ3n) is 5.08. The molecule has 1 atom stereocenters. The highest BCUT2D eigenvalue weighted by Crippen LogP contribution is 2.35. The quantitative estimate of drug-likeness (QED) is 0.470. The number of thiophene rings is 2. The van der Waals surface area contributed by atoms with E-state index in [1.165, 1.54) is 35.8 Å². The van der Waals surface area contributed by atoms with E-state index in [2.05, 4.69) is 5.32 Å². The molecular formula is C22H25NO7S2. The second-order valence-electron chi connectivity index (χ2n) is 7.28. The number of anilines is 1. The largest absolute Gasteiger partial charge is 0.465 e. The number of carbonyl (C=O) groups is 4. The van der Waals surface area contributed by atoms with Crippen LogP contribution in [0, 0.1) is 6.92 Å². The fourth-order valence-electron chi connectivity index (χ4n) is 3.42. The van der Waals surface area contributed by atoms with Gasteiger partial charge in [0.25, 0.3) is 5.91 Å². The molecule has 1 amide bonds. The average molecular weight is 480 g/mol. The minimum atomic E-state index is -1.11. The molecule has 32 heavy (non-hydrogen) atoms. The van der Waals surface area contributed by atoms with Crippen molar-refractivity contribution in [3.63, 3.8) is 0 Å². The summed E-state index contributed by atoms with van der Waals surface area (Å²) in [5, 5.41) is 2.72. The van der Waals surface area contributed by atoms with Crippen LogP contribution in [-0.2, 0) is 31.8 Å². The van der Waals surface area contributed by atoms with Gasteiger partial charge in [-0.25, -0.2) is 14.4 Å². The number of amides is 1. The Hall–Kier alpha value is -2.72. The summed E-state index contributed by atoms with van der Waals surface area (Å²) in [6.07, 6.45) is 3.01. The van der Waals surface area contributed by atoms with E-state index in [-0.39, 0.29) is 22.0 Å². The Morgan fingerprint density at radius 1 is 1.09 bits per heavy atom. The van der Waals surface area contributed by atoms with Gasteiger partial charge in [0.1, 0.15) is 14.8 Å². The van der Waals surface area contributed by atoms with E-state index in [1.807, 2.05) is 6.07 Å². The van der Waals surface area contributed by atoms with Gasteiger partial charge >= 0.3 is 17.9 Å². The number of nitrogens with one attached hydrogen (secondary N) is 1. The molecule has 0 fully saturated rings. The van der Waals surface area contributed by atoms with E-state index in [0.717, 1.165) is 37.0 Å². The highest BCUT2D eigenvalue weighted by atomic mass is 32.1. The highest BCUT2D eigenvalue weighted by Gasteiger charge is 2.29. The molecule has 0 saturated carbocycles. The van der Waals surface area contributed by atoms with Crippen molar-refractivity contribution in [3.05, 3.63) is 37.4 Å². The van der Waals surface area contributed by atoms with Crippen molar-refractivity contribution < 1.29 is 33.4 Å². The van der Waals surface area contributed by atoms with Gasteiger partial charge < -0.3 is 19.5 Å². The molecule has 1 aliphatic carbocycles. The summed E-state index contributed by atoms with van der Waals surface area (Å²) in [6, 6.07) is 1.84. The van der Waals surface area contributed by atoms with Crippen molar-refractivity contribution in [1.29, 1.82) is 0 Å². The summed E-state index contributed by atoms with van der Waals surface area (Å²) in [6.45, 7) is 4.87. The van der Waals surface area contributed by atoms with Crippen molar-refractivity contribution in [1.82, 2.24) is 0 Å². The summed E-state index contributed by atoms with van der Waals surface area (Å²) in [5.74, 6) is -2.48. The Morgan fingerprint density at radius 3 is 2.47 bits per heavy atom. The van der Waals surface area contributed by atoms with Crippen molar-refractivity contribution in [2.75, 3.05) is 19.0 Å². The fourth-order valence-corrected chi connectivity index (χ4v) is 5.65. The Kier molecular flexibility index (Phi) is 7.68. The monoisotopic (exact) mass is 479 g/mol. The van der Waals surface area contributed by atoms with Crippen LogP contribution >= 0.6 is 22.7 Å². The maximum absolute atomic E-state index is 12.7. The minimum Gasteiger partial charge on any atom is -0.465 e. The zero-order chi connectivity index (χ0) is 23.4. The van der Waals surface area contributed by atoms with E-state index in [4.69, 9.17) is 14.2 Å². The van der Waals surface area contributed by atoms with Crippen molar-refractivity contribution >= 4 is 51.5 Å². The van der Waals surface area contributed by atoms with Gasteiger partial charge in [-0.15, -0.1) is 22.7 Å². The highest BCUT2D eigenvalue weighted by molar-refractivity contribution is 7.18. The van der Waals surface area contributed by atoms with Gasteiger partial charge in [-0.3, -0.25) is 4.79 Å². The zero-order valence-electron chi connectivity index (χ0n) is 18.4. The maximum Gasteiger partial charge on any atom is 0.349 e. The smallest absolute Gasteiger partial charge is 0.349 e. The molecule has 172 valence electrons. The summed E-state index contributed by atoms with van der Waals surface area (Å²) in [5.41, 5.74) is 1.59. The third kappa shape index (κ3) is 5.02. The summed E-state index contributed by atoms with van der Waals surface area (Å²) < 4.78 is 15.2. The van der Waals surface area contributed by atoms with Gasteiger partial charge in [0.05, 0.1) is 19.3 Å². The number of hydrogen-bond donors (Lipinski definition) is 1. The second kappa shape index (κ2) is 10.3. The maximum atomic E-state index is 12.7. The molecule has 1 aliphatic rings. The first-order valence-electron chi connectivity index (χ1n) is 10.3. The van der Waals surface area contributed by atoms with Crippen LogP contribution in [0.5, 0.6) is 0 Å². The van der Waals surface area contributed by atoms with Crippen LogP contribution in [0.25, 0.3) is 0 Å². The fraction of sp³-hybridized carbons (Fsp3) is 0.455. The summed E-state index contributed by atoms with van der Waals surface area (Å²) >= 11 is 2.32. The molecule has 0 radical (unpaired) electrons. The van der Waals surface area contributed by atoms with Crippen LogP contribution in [-0.4, -0.2) is 43.6 Å². The van der Waals surface area contributed by atoms with Gasteiger partial charge in [-0.2, -0.15) is 0 Å². The number of hydrogen-bond acceptors (Lipinski definition) is 9. The molecule has 0 aliphatic heterocycles. The first kappa shape index (κ1) is 23.9. The predicted octanol–water partition coefficient (Wildman–Crippen LogP) is 4.14. The van der Waals surface area contributed by atoms with Crippen molar-refractivity contribution in [2.24, 2.45) is 0 Å². The molecule has 0 saturated heterocycles. The molecule has 0 spiro atoms. The van der Waals surface area contributed by atoms with E-state index < -0.39 is 29.9 Å². The molecule has 2 aromatic rings. The topological polar surface area (TPSA) is 108 Å². The van der Waals surface area contributed by atoms with E-state index >= 15 is 0 Å². The first-order valence-corrected chi connectivity index (χ1v) is 11.9. The predicted molar refractivity (Wildman–Crippen MR) is 121 cm³/mol. The normalized spacial score (nSPS) is 13.6. The lowest BCUT2D eigenvalue weighted by Crippen LogP contribution is -2.30. The number of ether oxygens (including phenoxy) is 3. The van der Waals surface area contributed by atoms with Gasteiger partial charge in [0, 0.05) is 4.88 Å². The number of aryl methyl sites for hydroxylation is 2. The molecule has 0 bridgehead atoms. The minimum absolute atomic E-state index is 0.0679. The average Bonchev–Trinajstić information content (AvgIpc) is 3.34. The van der Waals surface area contributed by atoms with E-state index in [0.29, 0.717) is 10.4 Å². The number of methoxy groups -OCH3 is 1. The number of rotatable bonds is 7. The van der Waals surface area contributed by atoms with Crippen LogP contribution in [0.3, 0.4) is 0 Å². The standard InChI is InChI=1S/C22H25NO7S2/c1-5-29-22(27)17-11(2)16(21(26)28-4)19(32-17)23-18(24)12(3)30-20(25)15-10-13-8-6-7-9-14(13)31-15/h10,12H,5-9H2,1-4H3,(H,23,24). The molecule has 2 heterocycles. The Labute approximate surface area is 193 Å². The molecule has 10 heteroatoms. The van der Waals surface area contributed by atoms with Crippen molar-refractivity contribution in [2.45, 2.75) is 52.6 Å². The Balaban J connectivity index is 1.74. The summed E-state index contributed by atoms with van der Waals surface area (Å²) in [4.78, 5) is 51.6. The molecule has 8 nitrogen and oxygen atoms in total. The number of fused-ring (bicyclic) bond motifs is 1. The Bertz CT molecular complexity index is 1030. The lowest BCUT2D eigenvalue weighted by molar-refractivity contribution is -0.123.